The maximum atomic E-state index is 12.9. The molecule has 0 bridgehead atoms. The van der Waals surface area contributed by atoms with E-state index in [0.29, 0.717) is 12.1 Å². The van der Waals surface area contributed by atoms with E-state index in [-0.39, 0.29) is 17.5 Å². The fraction of sp³-hybridized carbons (Fsp3) is 0.353. The van der Waals surface area contributed by atoms with Gasteiger partial charge in [-0.15, -0.1) is 0 Å². The first-order valence-corrected chi connectivity index (χ1v) is 7.40. The number of carbonyl (C=O) groups is 2. The molecule has 2 aromatic rings. The van der Waals surface area contributed by atoms with Crippen molar-refractivity contribution in [1.82, 2.24) is 14.5 Å². The van der Waals surface area contributed by atoms with E-state index in [1.807, 2.05) is 31.7 Å². The highest BCUT2D eigenvalue weighted by molar-refractivity contribution is 6.05. The Balaban J connectivity index is 2.36. The second kappa shape index (κ2) is 7.09. The average Bonchev–Trinajstić information content (AvgIpc) is 2.96. The Kier molecular flexibility index (Phi) is 5.16. The monoisotopic (exact) mass is 315 g/mol. The third-order valence-corrected chi connectivity index (χ3v) is 3.68. The molecule has 0 saturated carbocycles. The number of methoxy groups -OCH3 is 1. The Morgan fingerprint density at radius 3 is 2.43 bits per heavy atom. The quantitative estimate of drug-likeness (QED) is 0.794. The molecule has 0 aliphatic heterocycles. The molecular weight excluding hydrogens is 294 g/mol. The fourth-order valence-electron chi connectivity index (χ4n) is 2.30. The van der Waals surface area contributed by atoms with Crippen molar-refractivity contribution in [2.45, 2.75) is 26.4 Å². The Hall–Kier alpha value is -2.63. The zero-order valence-electron chi connectivity index (χ0n) is 13.8. The van der Waals surface area contributed by atoms with Gasteiger partial charge in [0.25, 0.3) is 5.91 Å². The number of benzene rings is 1. The van der Waals surface area contributed by atoms with E-state index in [2.05, 4.69) is 4.98 Å². The third kappa shape index (κ3) is 3.59. The van der Waals surface area contributed by atoms with Crippen molar-refractivity contribution < 1.29 is 14.3 Å². The Labute approximate surface area is 135 Å². The van der Waals surface area contributed by atoms with Crippen molar-refractivity contribution in [2.24, 2.45) is 7.05 Å². The fourth-order valence-corrected chi connectivity index (χ4v) is 2.30. The van der Waals surface area contributed by atoms with E-state index in [9.17, 15) is 9.59 Å². The number of carbonyl (C=O) groups excluding carboxylic acids is 2. The molecule has 1 heterocycles. The first-order valence-electron chi connectivity index (χ1n) is 7.40. The summed E-state index contributed by atoms with van der Waals surface area (Å²) in [7, 11) is 3.19. The molecule has 0 atom stereocenters. The van der Waals surface area contributed by atoms with Crippen LogP contribution in [0.5, 0.6) is 0 Å². The van der Waals surface area contributed by atoms with Gasteiger partial charge in [0, 0.05) is 25.5 Å². The molecule has 0 aliphatic rings. The van der Waals surface area contributed by atoms with Gasteiger partial charge < -0.3 is 14.2 Å². The van der Waals surface area contributed by atoms with Crippen LogP contribution >= 0.6 is 0 Å². The second-order valence-electron chi connectivity index (χ2n) is 5.52. The van der Waals surface area contributed by atoms with Crippen LogP contribution in [0.25, 0.3) is 0 Å². The lowest BCUT2D eigenvalue weighted by Gasteiger charge is -2.27. The van der Waals surface area contributed by atoms with Crippen LogP contribution in [0.3, 0.4) is 0 Å². The number of aryl methyl sites for hydroxylation is 1. The van der Waals surface area contributed by atoms with Gasteiger partial charge in [0.2, 0.25) is 0 Å². The van der Waals surface area contributed by atoms with Crippen molar-refractivity contribution in [1.29, 1.82) is 0 Å². The topological polar surface area (TPSA) is 64.4 Å². The van der Waals surface area contributed by atoms with E-state index in [4.69, 9.17) is 4.74 Å². The predicted octanol–water partition coefficient (Wildman–Crippen LogP) is 2.26. The van der Waals surface area contributed by atoms with E-state index < -0.39 is 5.97 Å². The molecule has 23 heavy (non-hydrogen) atoms. The van der Waals surface area contributed by atoms with Gasteiger partial charge in [0.05, 0.1) is 24.8 Å². The number of aromatic nitrogens is 2. The number of nitrogens with zero attached hydrogens (tertiary/aromatic N) is 3. The minimum Gasteiger partial charge on any atom is -0.465 e. The highest BCUT2D eigenvalue weighted by Gasteiger charge is 2.25. The maximum Gasteiger partial charge on any atom is 0.338 e. The SMILES string of the molecule is COC(=O)c1ccccc1C(=O)N(Cc1nccn1C)C(C)C. The summed E-state index contributed by atoms with van der Waals surface area (Å²) in [5.74, 6) is 0.0428. The van der Waals surface area contributed by atoms with Crippen LogP contribution in [0.2, 0.25) is 0 Å². The molecule has 0 spiro atoms. The first kappa shape index (κ1) is 16.7. The van der Waals surface area contributed by atoms with E-state index in [1.54, 1.807) is 35.4 Å². The average molecular weight is 315 g/mol. The number of hydrogen-bond acceptors (Lipinski definition) is 4. The molecule has 0 unspecified atom stereocenters. The molecule has 0 N–H and O–H groups in total. The van der Waals surface area contributed by atoms with Gasteiger partial charge >= 0.3 is 5.97 Å². The lowest BCUT2D eigenvalue weighted by Crippen LogP contribution is -2.38. The van der Waals surface area contributed by atoms with Gasteiger partial charge in [-0.2, -0.15) is 0 Å². The smallest absolute Gasteiger partial charge is 0.338 e. The van der Waals surface area contributed by atoms with Crippen molar-refractivity contribution in [3.05, 3.63) is 53.6 Å². The summed E-state index contributed by atoms with van der Waals surface area (Å²) in [6, 6.07) is 6.64. The molecular formula is C17H21N3O3. The number of ether oxygens (including phenoxy) is 1. The zero-order chi connectivity index (χ0) is 17.0. The number of amides is 1. The number of hydrogen-bond donors (Lipinski definition) is 0. The normalized spacial score (nSPS) is 10.7. The van der Waals surface area contributed by atoms with Crippen LogP contribution in [0, 0.1) is 0 Å². The Morgan fingerprint density at radius 2 is 1.91 bits per heavy atom. The lowest BCUT2D eigenvalue weighted by molar-refractivity contribution is 0.0582. The summed E-state index contributed by atoms with van der Waals surface area (Å²) < 4.78 is 6.64. The van der Waals surface area contributed by atoms with E-state index in [1.165, 1.54) is 7.11 Å². The van der Waals surface area contributed by atoms with Crippen LogP contribution in [0.1, 0.15) is 40.4 Å². The molecule has 0 fully saturated rings. The van der Waals surface area contributed by atoms with Gasteiger partial charge in [0.1, 0.15) is 5.82 Å². The maximum absolute atomic E-state index is 12.9. The second-order valence-corrected chi connectivity index (χ2v) is 5.52. The first-order chi connectivity index (χ1) is 11.0. The van der Waals surface area contributed by atoms with Gasteiger partial charge in [-0.3, -0.25) is 4.79 Å². The largest absolute Gasteiger partial charge is 0.465 e. The van der Waals surface area contributed by atoms with Crippen LogP contribution in [0.4, 0.5) is 0 Å². The van der Waals surface area contributed by atoms with Crippen molar-refractivity contribution in [3.8, 4) is 0 Å². The third-order valence-electron chi connectivity index (χ3n) is 3.68. The van der Waals surface area contributed by atoms with Crippen molar-refractivity contribution in [2.75, 3.05) is 7.11 Å². The molecule has 1 aromatic heterocycles. The summed E-state index contributed by atoms with van der Waals surface area (Å²) in [5.41, 5.74) is 0.604. The molecule has 0 aliphatic carbocycles. The van der Waals surface area contributed by atoms with Crippen LogP contribution in [-0.2, 0) is 18.3 Å². The zero-order valence-corrected chi connectivity index (χ0v) is 13.8. The minimum atomic E-state index is -0.519. The highest BCUT2D eigenvalue weighted by atomic mass is 16.5. The van der Waals surface area contributed by atoms with E-state index in [0.717, 1.165) is 5.82 Å². The highest BCUT2D eigenvalue weighted by Crippen LogP contribution is 2.17. The summed E-state index contributed by atoms with van der Waals surface area (Å²) in [5, 5.41) is 0. The molecule has 0 radical (unpaired) electrons. The van der Waals surface area contributed by atoms with Crippen molar-refractivity contribution >= 4 is 11.9 Å². The summed E-state index contributed by atoms with van der Waals surface area (Å²) in [6.07, 6.45) is 3.53. The summed E-state index contributed by atoms with van der Waals surface area (Å²) in [6.45, 7) is 4.23. The molecule has 6 heteroatoms. The Bertz CT molecular complexity index is 707. The van der Waals surface area contributed by atoms with Gasteiger partial charge in [0.15, 0.2) is 0 Å². The van der Waals surface area contributed by atoms with Gasteiger partial charge in [-0.1, -0.05) is 12.1 Å². The van der Waals surface area contributed by atoms with Gasteiger partial charge in [-0.05, 0) is 26.0 Å². The van der Waals surface area contributed by atoms with Crippen LogP contribution in [0.15, 0.2) is 36.7 Å². The molecule has 1 amide bonds. The number of imidazole rings is 1. The lowest BCUT2D eigenvalue weighted by atomic mass is 10.1. The molecule has 122 valence electrons. The standard InChI is InChI=1S/C17H21N3O3/c1-12(2)20(11-15-18-9-10-19(15)3)16(21)13-7-5-6-8-14(13)17(22)23-4/h5-10,12H,11H2,1-4H3. The van der Waals surface area contributed by atoms with Crippen LogP contribution < -0.4 is 0 Å². The molecule has 6 nitrogen and oxygen atoms in total. The van der Waals surface area contributed by atoms with E-state index >= 15 is 0 Å². The molecule has 0 saturated heterocycles. The number of rotatable bonds is 5. The summed E-state index contributed by atoms with van der Waals surface area (Å²) in [4.78, 5) is 30.8. The van der Waals surface area contributed by atoms with Crippen molar-refractivity contribution in [3.63, 3.8) is 0 Å². The van der Waals surface area contributed by atoms with Gasteiger partial charge in [-0.25, -0.2) is 9.78 Å². The molecule has 2 rings (SSSR count). The number of esters is 1. The summed E-state index contributed by atoms with van der Waals surface area (Å²) >= 11 is 0. The van der Waals surface area contributed by atoms with Crippen LogP contribution in [-0.4, -0.2) is 39.5 Å². The molecule has 1 aromatic carbocycles. The minimum absolute atomic E-state index is 0.0371. The Morgan fingerprint density at radius 1 is 1.26 bits per heavy atom. The predicted molar refractivity (Wildman–Crippen MR) is 86.0 cm³/mol.